The standard InChI is InChI=1S/C18H22BrN5OS/c1-4-20-18(24(3)11-15-8-13(19)10-23(15)2)21-9-14-12-25-17(22-14)16-6-5-7-26-16/h5-8,10,12H,4,9,11H2,1-3H3,(H,20,21). The fourth-order valence-corrected chi connectivity index (χ4v) is 3.79. The molecule has 3 heterocycles. The second-order valence-electron chi connectivity index (χ2n) is 5.91. The van der Waals surface area contributed by atoms with Gasteiger partial charge in [-0.05, 0) is 40.4 Å². The molecule has 0 amide bonds. The number of nitrogens with zero attached hydrogens (tertiary/aromatic N) is 4. The summed E-state index contributed by atoms with van der Waals surface area (Å²) in [5.41, 5.74) is 2.02. The number of aromatic nitrogens is 2. The first-order valence-electron chi connectivity index (χ1n) is 8.35. The maximum atomic E-state index is 5.56. The molecule has 0 radical (unpaired) electrons. The zero-order valence-electron chi connectivity index (χ0n) is 15.1. The minimum Gasteiger partial charge on any atom is -0.443 e. The van der Waals surface area contributed by atoms with Crippen LogP contribution in [0.4, 0.5) is 0 Å². The van der Waals surface area contributed by atoms with E-state index in [4.69, 9.17) is 9.41 Å². The first kappa shape index (κ1) is 18.7. The predicted octanol–water partition coefficient (Wildman–Crippen LogP) is 4.10. The van der Waals surface area contributed by atoms with Crippen LogP contribution in [0.1, 0.15) is 18.3 Å². The van der Waals surface area contributed by atoms with Crippen LogP contribution in [-0.4, -0.2) is 34.0 Å². The van der Waals surface area contributed by atoms with Crippen LogP contribution in [0.25, 0.3) is 10.8 Å². The van der Waals surface area contributed by atoms with E-state index in [0.29, 0.717) is 12.4 Å². The number of oxazole rings is 1. The van der Waals surface area contributed by atoms with Crippen molar-refractivity contribution in [1.82, 2.24) is 19.8 Å². The lowest BCUT2D eigenvalue weighted by atomic mass is 10.4. The molecule has 26 heavy (non-hydrogen) atoms. The van der Waals surface area contributed by atoms with Crippen molar-refractivity contribution in [3.05, 3.63) is 51.9 Å². The van der Waals surface area contributed by atoms with Crippen LogP contribution in [0.2, 0.25) is 0 Å². The van der Waals surface area contributed by atoms with Gasteiger partial charge in [-0.1, -0.05) is 6.07 Å². The SMILES string of the molecule is CCNC(=NCc1coc(-c2cccs2)n1)N(C)Cc1cc(Br)cn1C. The number of guanidine groups is 1. The van der Waals surface area contributed by atoms with Gasteiger partial charge in [0.1, 0.15) is 12.0 Å². The average molecular weight is 436 g/mol. The van der Waals surface area contributed by atoms with E-state index >= 15 is 0 Å². The molecule has 0 saturated heterocycles. The Morgan fingerprint density at radius 1 is 1.50 bits per heavy atom. The molecule has 8 heteroatoms. The van der Waals surface area contributed by atoms with Crippen LogP contribution in [0.5, 0.6) is 0 Å². The third-order valence-electron chi connectivity index (χ3n) is 3.84. The van der Waals surface area contributed by atoms with E-state index < -0.39 is 0 Å². The highest BCUT2D eigenvalue weighted by atomic mass is 79.9. The number of aliphatic imine (C=N–C) groups is 1. The summed E-state index contributed by atoms with van der Waals surface area (Å²) in [6.07, 6.45) is 3.73. The maximum absolute atomic E-state index is 5.56. The van der Waals surface area contributed by atoms with Crippen molar-refractivity contribution >= 4 is 33.2 Å². The summed E-state index contributed by atoms with van der Waals surface area (Å²) in [6, 6.07) is 6.10. The van der Waals surface area contributed by atoms with Gasteiger partial charge in [-0.15, -0.1) is 11.3 Å². The van der Waals surface area contributed by atoms with Crippen molar-refractivity contribution in [2.24, 2.45) is 12.0 Å². The van der Waals surface area contributed by atoms with Crippen LogP contribution in [-0.2, 0) is 20.1 Å². The topological polar surface area (TPSA) is 58.6 Å². The molecular weight excluding hydrogens is 414 g/mol. The molecule has 0 spiro atoms. The summed E-state index contributed by atoms with van der Waals surface area (Å²) < 4.78 is 8.75. The van der Waals surface area contributed by atoms with Crippen molar-refractivity contribution in [3.63, 3.8) is 0 Å². The van der Waals surface area contributed by atoms with E-state index in [2.05, 4.69) is 54.9 Å². The zero-order chi connectivity index (χ0) is 18.5. The van der Waals surface area contributed by atoms with Gasteiger partial charge in [0.25, 0.3) is 0 Å². The quantitative estimate of drug-likeness (QED) is 0.467. The Labute approximate surface area is 165 Å². The second-order valence-corrected chi connectivity index (χ2v) is 7.77. The molecule has 3 aromatic rings. The molecule has 3 aromatic heterocycles. The lowest BCUT2D eigenvalue weighted by molar-refractivity contribution is 0.461. The monoisotopic (exact) mass is 435 g/mol. The fraction of sp³-hybridized carbons (Fsp3) is 0.333. The summed E-state index contributed by atoms with van der Waals surface area (Å²) in [4.78, 5) is 12.4. The molecule has 0 unspecified atom stereocenters. The number of rotatable bonds is 6. The summed E-state index contributed by atoms with van der Waals surface area (Å²) in [5, 5.41) is 5.34. The summed E-state index contributed by atoms with van der Waals surface area (Å²) in [7, 11) is 4.07. The van der Waals surface area contributed by atoms with Crippen molar-refractivity contribution in [3.8, 4) is 10.8 Å². The first-order chi connectivity index (χ1) is 12.6. The van der Waals surface area contributed by atoms with Crippen LogP contribution in [0.3, 0.4) is 0 Å². The molecule has 0 atom stereocenters. The van der Waals surface area contributed by atoms with E-state index in [1.165, 1.54) is 5.69 Å². The molecule has 0 aromatic carbocycles. The third kappa shape index (κ3) is 4.56. The van der Waals surface area contributed by atoms with Gasteiger partial charge in [-0.25, -0.2) is 9.98 Å². The number of hydrogen-bond donors (Lipinski definition) is 1. The summed E-state index contributed by atoms with van der Waals surface area (Å²) >= 11 is 5.13. The van der Waals surface area contributed by atoms with Crippen LogP contribution in [0, 0.1) is 0 Å². The molecule has 3 rings (SSSR count). The van der Waals surface area contributed by atoms with Gasteiger partial charge in [-0.3, -0.25) is 0 Å². The first-order valence-corrected chi connectivity index (χ1v) is 10.0. The van der Waals surface area contributed by atoms with Crippen LogP contribution < -0.4 is 5.32 Å². The normalized spacial score (nSPS) is 11.8. The third-order valence-corrected chi connectivity index (χ3v) is 5.14. The van der Waals surface area contributed by atoms with Crippen molar-refractivity contribution < 1.29 is 4.42 Å². The number of thiophene rings is 1. The van der Waals surface area contributed by atoms with E-state index in [0.717, 1.165) is 34.1 Å². The van der Waals surface area contributed by atoms with Gasteiger partial charge >= 0.3 is 0 Å². The van der Waals surface area contributed by atoms with Crippen LogP contribution in [0.15, 0.2) is 49.9 Å². The Hall–Kier alpha value is -2.06. The highest BCUT2D eigenvalue weighted by Crippen LogP contribution is 2.23. The Morgan fingerprint density at radius 3 is 3.00 bits per heavy atom. The van der Waals surface area contributed by atoms with E-state index in [1.54, 1.807) is 17.6 Å². The highest BCUT2D eigenvalue weighted by molar-refractivity contribution is 9.10. The molecule has 0 aliphatic carbocycles. The number of halogens is 1. The lowest BCUT2D eigenvalue weighted by Crippen LogP contribution is -2.38. The maximum Gasteiger partial charge on any atom is 0.236 e. The van der Waals surface area contributed by atoms with Crippen molar-refractivity contribution in [1.29, 1.82) is 0 Å². The van der Waals surface area contributed by atoms with E-state index in [1.807, 2.05) is 31.6 Å². The summed E-state index contributed by atoms with van der Waals surface area (Å²) in [5.74, 6) is 1.49. The molecule has 0 aliphatic rings. The van der Waals surface area contributed by atoms with Gasteiger partial charge in [-0.2, -0.15) is 0 Å². The van der Waals surface area contributed by atoms with Crippen molar-refractivity contribution in [2.45, 2.75) is 20.0 Å². The lowest BCUT2D eigenvalue weighted by Gasteiger charge is -2.22. The van der Waals surface area contributed by atoms with Crippen molar-refractivity contribution in [2.75, 3.05) is 13.6 Å². The molecule has 138 valence electrons. The zero-order valence-corrected chi connectivity index (χ0v) is 17.5. The van der Waals surface area contributed by atoms with Gasteiger partial charge < -0.3 is 19.2 Å². The number of hydrogen-bond acceptors (Lipinski definition) is 4. The van der Waals surface area contributed by atoms with Gasteiger partial charge in [0.05, 0.1) is 18.0 Å². The van der Waals surface area contributed by atoms with Gasteiger partial charge in [0, 0.05) is 37.0 Å². The Kier molecular flexibility index (Phi) is 6.16. The second kappa shape index (κ2) is 8.55. The highest BCUT2D eigenvalue weighted by Gasteiger charge is 2.11. The smallest absolute Gasteiger partial charge is 0.236 e. The van der Waals surface area contributed by atoms with Gasteiger partial charge in [0.15, 0.2) is 5.96 Å². The average Bonchev–Trinajstić information content (AvgIpc) is 3.33. The molecule has 0 bridgehead atoms. The largest absolute Gasteiger partial charge is 0.443 e. The number of aryl methyl sites for hydroxylation is 1. The predicted molar refractivity (Wildman–Crippen MR) is 109 cm³/mol. The molecule has 1 N–H and O–H groups in total. The molecule has 0 aliphatic heterocycles. The minimum absolute atomic E-state index is 0.471. The summed E-state index contributed by atoms with van der Waals surface area (Å²) in [6.45, 7) is 4.10. The van der Waals surface area contributed by atoms with Crippen LogP contribution >= 0.6 is 27.3 Å². The molecule has 0 fully saturated rings. The van der Waals surface area contributed by atoms with Gasteiger partial charge in [0.2, 0.25) is 5.89 Å². The minimum atomic E-state index is 0.471. The molecular formula is C18H22BrN5OS. The van der Waals surface area contributed by atoms with E-state index in [9.17, 15) is 0 Å². The fourth-order valence-electron chi connectivity index (χ4n) is 2.56. The molecule has 6 nitrogen and oxygen atoms in total. The Balaban J connectivity index is 1.69. The molecule has 0 saturated carbocycles. The Bertz CT molecular complexity index is 868. The Morgan fingerprint density at radius 2 is 2.35 bits per heavy atom. The number of nitrogens with one attached hydrogen (secondary N) is 1. The van der Waals surface area contributed by atoms with E-state index in [-0.39, 0.29) is 0 Å².